The Morgan fingerprint density at radius 3 is 2.76 bits per heavy atom. The number of amides is 1. The Morgan fingerprint density at radius 2 is 2.06 bits per heavy atom. The van der Waals surface area contributed by atoms with Gasteiger partial charge in [0.15, 0.2) is 5.82 Å². The van der Waals surface area contributed by atoms with Crippen LogP contribution in [0.15, 0.2) is 53.5 Å². The number of nitrogens with zero attached hydrogens (tertiary/aromatic N) is 5. The summed E-state index contributed by atoms with van der Waals surface area (Å²) in [5.74, 6) is 0.734. The van der Waals surface area contributed by atoms with Gasteiger partial charge in [0.05, 0.1) is 30.9 Å². The molecular weight excluding hydrogens is 446 g/mol. The number of aromatic nitrogens is 6. The third-order valence-electron chi connectivity index (χ3n) is 5.23. The number of carbonyl (C=O) groups is 1. The number of carbonyl (C=O) groups excluding carboxylic acids is 1. The van der Waals surface area contributed by atoms with E-state index in [1.807, 2.05) is 18.2 Å². The molecule has 0 saturated heterocycles. The monoisotopic (exact) mass is 467 g/mol. The Labute approximate surface area is 194 Å². The van der Waals surface area contributed by atoms with Gasteiger partial charge in [-0.25, -0.2) is 14.6 Å². The molecule has 170 valence electrons. The van der Waals surface area contributed by atoms with E-state index < -0.39 is 6.04 Å². The molecule has 10 nitrogen and oxygen atoms in total. The van der Waals surface area contributed by atoms with Crippen molar-refractivity contribution >= 4 is 17.5 Å². The SMILES string of the molecule is COc1ccc(-c2cn(Cc3ccccc3C(=O)NC(C)c3n[nH]c(=O)n3C)nn2)cc1Cl. The van der Waals surface area contributed by atoms with Crippen molar-refractivity contribution < 1.29 is 9.53 Å². The predicted octanol–water partition coefficient (Wildman–Crippen LogP) is 2.57. The maximum Gasteiger partial charge on any atom is 0.343 e. The number of benzene rings is 2. The van der Waals surface area contributed by atoms with Crippen LogP contribution in [0.2, 0.25) is 5.02 Å². The fourth-order valence-electron chi connectivity index (χ4n) is 3.47. The smallest absolute Gasteiger partial charge is 0.343 e. The average Bonchev–Trinajstić information content (AvgIpc) is 3.40. The zero-order valence-corrected chi connectivity index (χ0v) is 19.0. The molecule has 1 atom stereocenters. The summed E-state index contributed by atoms with van der Waals surface area (Å²) in [6.45, 7) is 2.11. The lowest BCUT2D eigenvalue weighted by atomic mass is 10.1. The van der Waals surface area contributed by atoms with Crippen LogP contribution in [0.5, 0.6) is 5.75 Å². The van der Waals surface area contributed by atoms with Crippen LogP contribution in [0.25, 0.3) is 11.3 Å². The topological polar surface area (TPSA) is 120 Å². The number of ether oxygens (including phenoxy) is 1. The summed E-state index contributed by atoms with van der Waals surface area (Å²) < 4.78 is 8.20. The van der Waals surface area contributed by atoms with Crippen LogP contribution >= 0.6 is 11.6 Å². The van der Waals surface area contributed by atoms with Crippen molar-refractivity contribution in [3.63, 3.8) is 0 Å². The van der Waals surface area contributed by atoms with Gasteiger partial charge in [-0.2, -0.15) is 5.10 Å². The normalized spacial score (nSPS) is 11.9. The molecule has 4 aromatic rings. The second-order valence-electron chi connectivity index (χ2n) is 7.45. The minimum Gasteiger partial charge on any atom is -0.495 e. The van der Waals surface area contributed by atoms with Crippen LogP contribution in [0.1, 0.15) is 34.7 Å². The van der Waals surface area contributed by atoms with E-state index in [-0.39, 0.29) is 11.6 Å². The maximum atomic E-state index is 13.0. The van der Waals surface area contributed by atoms with E-state index >= 15 is 0 Å². The van der Waals surface area contributed by atoms with Gasteiger partial charge in [0, 0.05) is 18.2 Å². The fourth-order valence-corrected chi connectivity index (χ4v) is 3.73. The molecule has 2 aromatic heterocycles. The molecule has 2 aromatic carbocycles. The molecule has 4 rings (SSSR count). The Balaban J connectivity index is 1.52. The van der Waals surface area contributed by atoms with Crippen molar-refractivity contribution in [3.8, 4) is 17.0 Å². The Hall–Kier alpha value is -3.92. The second kappa shape index (κ2) is 9.29. The number of hydrogen-bond donors (Lipinski definition) is 2. The lowest BCUT2D eigenvalue weighted by Crippen LogP contribution is -2.30. The van der Waals surface area contributed by atoms with E-state index in [9.17, 15) is 9.59 Å². The van der Waals surface area contributed by atoms with Crippen molar-refractivity contribution in [2.24, 2.45) is 7.05 Å². The first-order valence-corrected chi connectivity index (χ1v) is 10.5. The minimum atomic E-state index is -0.465. The molecule has 1 unspecified atom stereocenters. The summed E-state index contributed by atoms with van der Waals surface area (Å²) in [7, 11) is 3.15. The summed E-state index contributed by atoms with van der Waals surface area (Å²) in [5.41, 5.74) is 2.37. The molecule has 0 aliphatic rings. The van der Waals surface area contributed by atoms with Crippen molar-refractivity contribution in [1.82, 2.24) is 35.1 Å². The third-order valence-corrected chi connectivity index (χ3v) is 5.53. The quantitative estimate of drug-likeness (QED) is 0.431. The number of nitrogens with one attached hydrogen (secondary N) is 2. The Bertz CT molecular complexity index is 1360. The molecule has 2 heterocycles. The molecule has 33 heavy (non-hydrogen) atoms. The van der Waals surface area contributed by atoms with Gasteiger partial charge >= 0.3 is 5.69 Å². The number of hydrogen-bond acceptors (Lipinski definition) is 6. The highest BCUT2D eigenvalue weighted by molar-refractivity contribution is 6.32. The summed E-state index contributed by atoms with van der Waals surface area (Å²) in [6, 6.07) is 12.2. The third kappa shape index (κ3) is 4.65. The lowest BCUT2D eigenvalue weighted by Gasteiger charge is -2.15. The molecule has 0 aliphatic carbocycles. The summed E-state index contributed by atoms with van der Waals surface area (Å²) in [4.78, 5) is 24.6. The van der Waals surface area contributed by atoms with Crippen LogP contribution in [-0.2, 0) is 13.6 Å². The molecule has 11 heteroatoms. The van der Waals surface area contributed by atoms with Gasteiger partial charge in [0.1, 0.15) is 11.4 Å². The number of H-pyrrole nitrogens is 1. The van der Waals surface area contributed by atoms with Crippen LogP contribution in [0.3, 0.4) is 0 Å². The molecule has 0 bridgehead atoms. The molecule has 2 N–H and O–H groups in total. The minimum absolute atomic E-state index is 0.282. The standard InChI is InChI=1S/C22H22ClN7O3/c1-13(20-26-27-22(32)29(20)2)24-21(31)16-7-5-4-6-15(16)11-30-12-18(25-28-30)14-8-9-19(33-3)17(23)10-14/h4-10,12-13H,11H2,1-3H3,(H,24,31)(H,27,32). The van der Waals surface area contributed by atoms with Gasteiger partial charge in [0.2, 0.25) is 0 Å². The molecule has 0 spiro atoms. The van der Waals surface area contributed by atoms with Crippen molar-refractivity contribution in [2.45, 2.75) is 19.5 Å². The van der Waals surface area contributed by atoms with Gasteiger partial charge in [-0.3, -0.25) is 9.36 Å². The highest BCUT2D eigenvalue weighted by Gasteiger charge is 2.19. The number of halogens is 1. The van der Waals surface area contributed by atoms with Gasteiger partial charge in [-0.1, -0.05) is 35.0 Å². The number of methoxy groups -OCH3 is 1. The number of rotatable bonds is 7. The van der Waals surface area contributed by atoms with E-state index in [4.69, 9.17) is 16.3 Å². The van der Waals surface area contributed by atoms with E-state index in [2.05, 4.69) is 25.8 Å². The van der Waals surface area contributed by atoms with Crippen LogP contribution < -0.4 is 15.7 Å². The maximum absolute atomic E-state index is 13.0. The van der Waals surface area contributed by atoms with Crippen molar-refractivity contribution in [2.75, 3.05) is 7.11 Å². The first kappa shape index (κ1) is 22.3. The molecule has 0 fully saturated rings. The van der Waals surface area contributed by atoms with Crippen molar-refractivity contribution in [1.29, 1.82) is 0 Å². The van der Waals surface area contributed by atoms with Crippen LogP contribution in [0.4, 0.5) is 0 Å². The van der Waals surface area contributed by atoms with Gasteiger partial charge in [-0.05, 0) is 36.8 Å². The van der Waals surface area contributed by atoms with E-state index in [1.54, 1.807) is 56.2 Å². The fraction of sp³-hybridized carbons (Fsp3) is 0.227. The van der Waals surface area contributed by atoms with Crippen molar-refractivity contribution in [3.05, 3.63) is 81.1 Å². The predicted molar refractivity (Wildman–Crippen MR) is 122 cm³/mol. The average molecular weight is 468 g/mol. The molecule has 0 aliphatic heterocycles. The second-order valence-corrected chi connectivity index (χ2v) is 7.86. The molecule has 1 amide bonds. The largest absolute Gasteiger partial charge is 0.495 e. The zero-order valence-electron chi connectivity index (χ0n) is 18.2. The zero-order chi connectivity index (χ0) is 23.5. The van der Waals surface area contributed by atoms with E-state index in [1.165, 1.54) is 4.57 Å². The Morgan fingerprint density at radius 1 is 1.27 bits per heavy atom. The van der Waals surface area contributed by atoms with Crippen LogP contribution in [0, 0.1) is 0 Å². The highest BCUT2D eigenvalue weighted by atomic mass is 35.5. The highest BCUT2D eigenvalue weighted by Crippen LogP contribution is 2.29. The first-order valence-electron chi connectivity index (χ1n) is 10.1. The number of aromatic amines is 1. The lowest BCUT2D eigenvalue weighted by molar-refractivity contribution is 0.0936. The van der Waals surface area contributed by atoms with Gasteiger partial charge in [-0.15, -0.1) is 5.10 Å². The van der Waals surface area contributed by atoms with E-state index in [0.29, 0.717) is 34.4 Å². The summed E-state index contributed by atoms with van der Waals surface area (Å²) in [6.07, 6.45) is 1.79. The van der Waals surface area contributed by atoms with Gasteiger partial charge < -0.3 is 10.1 Å². The Kier molecular flexibility index (Phi) is 6.27. The van der Waals surface area contributed by atoms with Crippen LogP contribution in [-0.4, -0.2) is 42.8 Å². The first-order chi connectivity index (χ1) is 15.9. The van der Waals surface area contributed by atoms with E-state index in [0.717, 1.165) is 11.1 Å². The molecular formula is C22H22ClN7O3. The summed E-state index contributed by atoms with van der Waals surface area (Å²) >= 11 is 6.22. The molecule has 0 radical (unpaired) electrons. The van der Waals surface area contributed by atoms with Gasteiger partial charge in [0.25, 0.3) is 5.91 Å². The molecule has 0 saturated carbocycles. The summed E-state index contributed by atoms with van der Waals surface area (Å²) in [5, 5.41) is 18.1.